The van der Waals surface area contributed by atoms with Crippen LogP contribution in [0.5, 0.6) is 0 Å². The first-order valence-electron chi connectivity index (χ1n) is 6.89. The van der Waals surface area contributed by atoms with E-state index in [0.29, 0.717) is 6.42 Å². The van der Waals surface area contributed by atoms with E-state index in [2.05, 4.69) is 31.1 Å². The number of benzene rings is 1. The highest BCUT2D eigenvalue weighted by atomic mass is 79.9. The number of aromatic nitrogens is 1. The molecule has 1 amide bonds. The highest BCUT2D eigenvalue weighted by Gasteiger charge is 2.25. The third-order valence-corrected chi connectivity index (χ3v) is 4.88. The molecule has 1 aromatic heterocycles. The molecule has 1 aliphatic rings. The van der Waals surface area contributed by atoms with Gasteiger partial charge in [-0.05, 0) is 24.1 Å². The topological polar surface area (TPSA) is 45.2 Å². The number of carbonyl (C=O) groups excluding carboxylic acids is 1. The first-order chi connectivity index (χ1) is 10.2. The summed E-state index contributed by atoms with van der Waals surface area (Å²) < 4.78 is 1.03. The van der Waals surface area contributed by atoms with Crippen LogP contribution >= 0.6 is 27.3 Å². The minimum atomic E-state index is 0.0864. The van der Waals surface area contributed by atoms with Crippen LogP contribution in [0.4, 0.5) is 5.13 Å². The Hall–Kier alpha value is -1.40. The van der Waals surface area contributed by atoms with Crippen molar-refractivity contribution in [3.63, 3.8) is 0 Å². The SMILES string of the molecule is O=C(Cc1ccc(Br)cc1)NC1CCN(c2nccs2)C1. The van der Waals surface area contributed by atoms with Gasteiger partial charge in [0.2, 0.25) is 5.91 Å². The Morgan fingerprint density at radius 1 is 1.43 bits per heavy atom. The first kappa shape index (κ1) is 14.5. The van der Waals surface area contributed by atoms with Crippen molar-refractivity contribution in [1.82, 2.24) is 10.3 Å². The van der Waals surface area contributed by atoms with E-state index in [-0.39, 0.29) is 11.9 Å². The quantitative estimate of drug-likeness (QED) is 0.905. The van der Waals surface area contributed by atoms with Crippen LogP contribution in [0.3, 0.4) is 0 Å². The molecular formula is C15H16BrN3OS. The third kappa shape index (κ3) is 3.83. The van der Waals surface area contributed by atoms with Crippen molar-refractivity contribution in [1.29, 1.82) is 0 Å². The van der Waals surface area contributed by atoms with Crippen LogP contribution in [0.1, 0.15) is 12.0 Å². The van der Waals surface area contributed by atoms with Crippen molar-refractivity contribution >= 4 is 38.3 Å². The highest BCUT2D eigenvalue weighted by Crippen LogP contribution is 2.22. The molecule has 1 saturated heterocycles. The number of hydrogen-bond donors (Lipinski definition) is 1. The van der Waals surface area contributed by atoms with Gasteiger partial charge in [0, 0.05) is 35.2 Å². The predicted octanol–water partition coefficient (Wildman–Crippen LogP) is 2.84. The Labute approximate surface area is 136 Å². The van der Waals surface area contributed by atoms with Crippen LogP contribution in [0.2, 0.25) is 0 Å². The van der Waals surface area contributed by atoms with Gasteiger partial charge in [-0.1, -0.05) is 28.1 Å². The molecule has 1 aromatic carbocycles. The fourth-order valence-electron chi connectivity index (χ4n) is 2.49. The van der Waals surface area contributed by atoms with Gasteiger partial charge in [-0.25, -0.2) is 4.98 Å². The first-order valence-corrected chi connectivity index (χ1v) is 8.56. The van der Waals surface area contributed by atoms with Crippen molar-refractivity contribution in [3.05, 3.63) is 45.9 Å². The van der Waals surface area contributed by atoms with Gasteiger partial charge in [0.1, 0.15) is 0 Å². The van der Waals surface area contributed by atoms with Gasteiger partial charge in [-0.3, -0.25) is 4.79 Å². The van der Waals surface area contributed by atoms with E-state index < -0.39 is 0 Å². The van der Waals surface area contributed by atoms with Crippen molar-refractivity contribution in [3.8, 4) is 0 Å². The van der Waals surface area contributed by atoms with Crippen LogP contribution in [-0.4, -0.2) is 30.0 Å². The summed E-state index contributed by atoms with van der Waals surface area (Å²) in [5.41, 5.74) is 1.03. The van der Waals surface area contributed by atoms with E-state index in [1.165, 1.54) is 0 Å². The summed E-state index contributed by atoms with van der Waals surface area (Å²) in [5, 5.41) is 6.14. The summed E-state index contributed by atoms with van der Waals surface area (Å²) in [6, 6.07) is 8.09. The maximum atomic E-state index is 12.1. The maximum absolute atomic E-state index is 12.1. The maximum Gasteiger partial charge on any atom is 0.224 e. The molecule has 6 heteroatoms. The smallest absolute Gasteiger partial charge is 0.224 e. The Morgan fingerprint density at radius 2 is 2.24 bits per heavy atom. The molecule has 1 N–H and O–H groups in total. The largest absolute Gasteiger partial charge is 0.351 e. The van der Waals surface area contributed by atoms with Crippen molar-refractivity contribution in [2.75, 3.05) is 18.0 Å². The predicted molar refractivity (Wildman–Crippen MR) is 88.7 cm³/mol. The number of halogens is 1. The molecule has 0 bridgehead atoms. The standard InChI is InChI=1S/C15H16BrN3OS/c16-12-3-1-11(2-4-12)9-14(20)18-13-5-7-19(10-13)15-17-6-8-21-15/h1-4,6,8,13H,5,7,9-10H2,(H,18,20). The molecule has 0 radical (unpaired) electrons. The molecule has 1 fully saturated rings. The molecule has 2 heterocycles. The van der Waals surface area contributed by atoms with E-state index in [4.69, 9.17) is 0 Å². The minimum Gasteiger partial charge on any atom is -0.351 e. The van der Waals surface area contributed by atoms with E-state index in [1.807, 2.05) is 35.8 Å². The normalized spacial score (nSPS) is 18.0. The third-order valence-electron chi connectivity index (χ3n) is 3.52. The molecule has 0 spiro atoms. The zero-order chi connectivity index (χ0) is 14.7. The molecule has 2 aromatic rings. The van der Waals surface area contributed by atoms with Gasteiger partial charge < -0.3 is 10.2 Å². The molecule has 3 rings (SSSR count). The van der Waals surface area contributed by atoms with E-state index >= 15 is 0 Å². The molecule has 21 heavy (non-hydrogen) atoms. The van der Waals surface area contributed by atoms with Gasteiger partial charge in [0.15, 0.2) is 5.13 Å². The van der Waals surface area contributed by atoms with Crippen molar-refractivity contribution in [2.45, 2.75) is 18.9 Å². The molecule has 1 atom stereocenters. The molecule has 110 valence electrons. The number of thiazole rings is 1. The highest BCUT2D eigenvalue weighted by molar-refractivity contribution is 9.10. The fourth-order valence-corrected chi connectivity index (χ4v) is 3.43. The number of rotatable bonds is 4. The Kier molecular flexibility index (Phi) is 4.55. The van der Waals surface area contributed by atoms with E-state index in [9.17, 15) is 4.79 Å². The molecule has 4 nitrogen and oxygen atoms in total. The molecule has 0 aliphatic carbocycles. The second-order valence-corrected chi connectivity index (χ2v) is 6.91. The Balaban J connectivity index is 1.50. The van der Waals surface area contributed by atoms with Crippen molar-refractivity contribution < 1.29 is 4.79 Å². The van der Waals surface area contributed by atoms with Crippen LogP contribution in [0.15, 0.2) is 40.3 Å². The fraction of sp³-hybridized carbons (Fsp3) is 0.333. The summed E-state index contributed by atoms with van der Waals surface area (Å²) in [5.74, 6) is 0.0864. The zero-order valence-corrected chi connectivity index (χ0v) is 13.9. The zero-order valence-electron chi connectivity index (χ0n) is 11.5. The number of hydrogen-bond acceptors (Lipinski definition) is 4. The molecule has 1 unspecified atom stereocenters. The van der Waals surface area contributed by atoms with Gasteiger partial charge in [-0.15, -0.1) is 11.3 Å². The lowest BCUT2D eigenvalue weighted by Gasteiger charge is -2.15. The average molecular weight is 366 g/mol. The van der Waals surface area contributed by atoms with Gasteiger partial charge in [-0.2, -0.15) is 0 Å². The summed E-state index contributed by atoms with van der Waals surface area (Å²) in [6.45, 7) is 1.80. The summed E-state index contributed by atoms with van der Waals surface area (Å²) in [7, 11) is 0. The lowest BCUT2D eigenvalue weighted by atomic mass is 10.1. The molecule has 0 saturated carbocycles. The van der Waals surface area contributed by atoms with Crippen LogP contribution in [-0.2, 0) is 11.2 Å². The average Bonchev–Trinajstić information content (AvgIpc) is 3.12. The summed E-state index contributed by atoms with van der Waals surface area (Å²) in [4.78, 5) is 18.6. The second-order valence-electron chi connectivity index (χ2n) is 5.12. The molecular weight excluding hydrogens is 350 g/mol. The summed E-state index contributed by atoms with van der Waals surface area (Å²) in [6.07, 6.45) is 3.23. The minimum absolute atomic E-state index is 0.0864. The summed E-state index contributed by atoms with van der Waals surface area (Å²) >= 11 is 5.04. The number of amides is 1. The monoisotopic (exact) mass is 365 g/mol. The van der Waals surface area contributed by atoms with Crippen LogP contribution < -0.4 is 10.2 Å². The van der Waals surface area contributed by atoms with Gasteiger partial charge >= 0.3 is 0 Å². The van der Waals surface area contributed by atoms with Gasteiger partial charge in [0.05, 0.1) is 6.42 Å². The number of carbonyl (C=O) groups is 1. The van der Waals surface area contributed by atoms with Crippen LogP contribution in [0, 0.1) is 0 Å². The Bertz CT molecular complexity index is 600. The number of nitrogens with zero attached hydrogens (tertiary/aromatic N) is 2. The number of nitrogens with one attached hydrogen (secondary N) is 1. The lowest BCUT2D eigenvalue weighted by Crippen LogP contribution is -2.37. The number of anilines is 1. The van der Waals surface area contributed by atoms with E-state index in [0.717, 1.165) is 34.7 Å². The van der Waals surface area contributed by atoms with Crippen LogP contribution in [0.25, 0.3) is 0 Å². The van der Waals surface area contributed by atoms with E-state index in [1.54, 1.807) is 11.3 Å². The van der Waals surface area contributed by atoms with Crippen molar-refractivity contribution in [2.24, 2.45) is 0 Å². The lowest BCUT2D eigenvalue weighted by molar-refractivity contribution is -0.121. The Morgan fingerprint density at radius 3 is 2.95 bits per heavy atom. The van der Waals surface area contributed by atoms with Gasteiger partial charge in [0.25, 0.3) is 0 Å². The second kappa shape index (κ2) is 6.58. The molecule has 1 aliphatic heterocycles.